The van der Waals surface area contributed by atoms with Gasteiger partial charge in [0, 0.05) is 116 Å². The van der Waals surface area contributed by atoms with Gasteiger partial charge in [0.05, 0.1) is 56.7 Å². The summed E-state index contributed by atoms with van der Waals surface area (Å²) in [5.74, 6) is -3.80. The van der Waals surface area contributed by atoms with Crippen LogP contribution in [0.25, 0.3) is 33.4 Å². The lowest BCUT2D eigenvalue weighted by atomic mass is 9.93. The molecule has 0 saturated carbocycles. The lowest BCUT2D eigenvalue weighted by Gasteiger charge is -2.28. The van der Waals surface area contributed by atoms with Gasteiger partial charge in [-0.2, -0.15) is 0 Å². The number of methoxy groups -OCH3 is 2. The normalized spacial score (nSPS) is 12.6. The number of carbonyl (C=O) groups excluding carboxylic acids is 8. The van der Waals surface area contributed by atoms with Crippen LogP contribution in [0.1, 0.15) is 58.9 Å². The van der Waals surface area contributed by atoms with Crippen molar-refractivity contribution in [1.29, 1.82) is 0 Å². The number of ether oxygens (including phenoxy) is 13. The lowest BCUT2D eigenvalue weighted by Crippen LogP contribution is -2.34. The van der Waals surface area contributed by atoms with E-state index in [1.54, 1.807) is 48.0 Å². The Morgan fingerprint density at radius 1 is 0.534 bits per heavy atom. The first-order chi connectivity index (χ1) is 42.4. The summed E-state index contributed by atoms with van der Waals surface area (Å²) >= 11 is 0. The van der Waals surface area contributed by atoms with Crippen LogP contribution < -0.4 is 34.1 Å². The number of carbonyl (C=O) groups is 8. The quantitative estimate of drug-likeness (QED) is 0.0202. The zero-order chi connectivity index (χ0) is 63.4. The van der Waals surface area contributed by atoms with E-state index in [2.05, 4.69) is 9.80 Å². The van der Waals surface area contributed by atoms with Gasteiger partial charge < -0.3 is 80.7 Å². The minimum absolute atomic E-state index is 0.00155. The van der Waals surface area contributed by atoms with Crippen LogP contribution in [-0.4, -0.2) is 181 Å². The number of rotatable bonds is 28. The molecule has 2 aliphatic heterocycles. The second kappa shape index (κ2) is 35.6. The van der Waals surface area contributed by atoms with E-state index in [0.29, 0.717) is 109 Å². The molecule has 3 aliphatic rings. The van der Waals surface area contributed by atoms with Gasteiger partial charge in [0.1, 0.15) is 48.9 Å². The largest absolute Gasteiger partial charge is 0.488 e. The number of esters is 8. The monoisotopic (exact) mass is 1230 g/mol. The molecule has 0 atom stereocenters. The Labute approximate surface area is 509 Å². The molecule has 3 aromatic rings. The highest BCUT2D eigenvalue weighted by Gasteiger charge is 2.25. The molecule has 0 radical (unpaired) electrons. The molecule has 26 nitrogen and oxygen atoms in total. The summed E-state index contributed by atoms with van der Waals surface area (Å²) < 4.78 is 78.9. The summed E-state index contributed by atoms with van der Waals surface area (Å²) in [5.41, 5.74) is 5.54. The molecule has 0 bridgehead atoms. The third-order valence-corrected chi connectivity index (χ3v) is 13.5. The summed E-state index contributed by atoms with van der Waals surface area (Å²) in [5, 5.41) is 1.13. The number of hydrogen-bond donors (Lipinski definition) is 0. The summed E-state index contributed by atoms with van der Waals surface area (Å²) in [4.78, 5) is 103. The number of anilines is 3. The second-order valence-electron chi connectivity index (χ2n) is 19.8. The Hall–Kier alpha value is -9.01. The third-order valence-electron chi connectivity index (χ3n) is 13.5. The van der Waals surface area contributed by atoms with Gasteiger partial charge in [-0.25, -0.2) is 4.58 Å². The van der Waals surface area contributed by atoms with Crippen LogP contribution in [0.5, 0.6) is 11.5 Å². The predicted molar refractivity (Wildman–Crippen MR) is 316 cm³/mol. The van der Waals surface area contributed by atoms with E-state index in [1.807, 2.05) is 55.5 Å². The molecule has 0 spiro atoms. The van der Waals surface area contributed by atoms with Gasteiger partial charge in [0.2, 0.25) is 32.5 Å². The minimum atomic E-state index is -0.695. The topological polar surface area (TPSA) is 282 Å². The smallest absolute Gasteiger partial charge is 0.315 e. The molecule has 0 amide bonds. The average molecular weight is 1230 g/mol. The maximum atomic E-state index is 13.0. The fourth-order valence-electron chi connectivity index (χ4n) is 9.13. The van der Waals surface area contributed by atoms with Crippen molar-refractivity contribution in [2.24, 2.45) is 0 Å². The van der Waals surface area contributed by atoms with Crippen LogP contribution in [0.3, 0.4) is 0 Å². The maximum Gasteiger partial charge on any atom is 0.315 e. The zero-order valence-electron chi connectivity index (χ0n) is 50.8. The molecule has 0 saturated heterocycles. The Bertz CT molecular complexity index is 3160. The fraction of sp³-hybridized carbons (Fsp3) is 0.468. The van der Waals surface area contributed by atoms with Gasteiger partial charge >= 0.3 is 47.8 Å². The molecule has 0 unspecified atom stereocenters. The van der Waals surface area contributed by atoms with Crippen LogP contribution in [0, 0.1) is 6.92 Å². The van der Waals surface area contributed by atoms with Crippen molar-refractivity contribution in [3.63, 3.8) is 0 Å². The molecule has 0 fully saturated rings. The van der Waals surface area contributed by atoms with E-state index in [4.69, 9.17) is 66.0 Å². The van der Waals surface area contributed by atoms with Gasteiger partial charge in [0.25, 0.3) is 0 Å². The highest BCUT2D eigenvalue weighted by atomic mass is 16.7. The molecule has 26 heteroatoms. The molecular weight excluding hydrogens is 1150 g/mol. The van der Waals surface area contributed by atoms with Crippen molar-refractivity contribution in [1.82, 2.24) is 4.58 Å². The van der Waals surface area contributed by atoms with E-state index < -0.39 is 74.9 Å². The molecule has 6 rings (SSSR count). The summed E-state index contributed by atoms with van der Waals surface area (Å²) in [6.45, 7) is 8.54. The first-order valence-electron chi connectivity index (χ1n) is 28.5. The van der Waals surface area contributed by atoms with Crippen molar-refractivity contribution < 1.29 is 104 Å². The highest BCUT2D eigenvalue weighted by Crippen LogP contribution is 2.44. The van der Waals surface area contributed by atoms with E-state index >= 15 is 0 Å². The van der Waals surface area contributed by atoms with Crippen LogP contribution in [0.4, 0.5) is 17.1 Å². The Morgan fingerprint density at radius 2 is 1.02 bits per heavy atom. The number of benzene rings is 4. The van der Waals surface area contributed by atoms with Gasteiger partial charge in [0.15, 0.2) is 13.1 Å². The summed E-state index contributed by atoms with van der Waals surface area (Å²) in [7, 11) is 3.30. The summed E-state index contributed by atoms with van der Waals surface area (Å²) in [6.07, 6.45) is -0.824. The van der Waals surface area contributed by atoms with Gasteiger partial charge in [-0.1, -0.05) is 12.1 Å². The molecule has 0 aromatic heterocycles. The molecule has 0 N–H and O–H groups in total. The van der Waals surface area contributed by atoms with E-state index in [0.717, 1.165) is 16.9 Å². The minimum Gasteiger partial charge on any atom is -0.488 e. The van der Waals surface area contributed by atoms with Crippen LogP contribution in [0.15, 0.2) is 77.2 Å². The van der Waals surface area contributed by atoms with E-state index in [-0.39, 0.29) is 65.1 Å². The van der Waals surface area contributed by atoms with Crippen molar-refractivity contribution >= 4 is 75.8 Å². The van der Waals surface area contributed by atoms with Gasteiger partial charge in [-0.05, 0) is 60.5 Å². The summed E-state index contributed by atoms with van der Waals surface area (Å²) in [6, 6.07) is 22.7. The Morgan fingerprint density at radius 3 is 1.52 bits per heavy atom. The van der Waals surface area contributed by atoms with Crippen LogP contribution in [0.2, 0.25) is 0 Å². The van der Waals surface area contributed by atoms with Crippen molar-refractivity contribution in [2.75, 3.05) is 148 Å². The number of hydrogen-bond acceptors (Lipinski definition) is 25. The Kier molecular flexibility index (Phi) is 27.5. The van der Waals surface area contributed by atoms with Crippen LogP contribution >= 0.6 is 0 Å². The van der Waals surface area contributed by atoms with Gasteiger partial charge in [-0.15, -0.1) is 0 Å². The number of aryl methyl sites for hydroxylation is 1. The maximum absolute atomic E-state index is 13.0. The molecule has 2 heterocycles. The number of fused-ring (bicyclic) bond motifs is 4. The third kappa shape index (κ3) is 22.1. The van der Waals surface area contributed by atoms with Crippen molar-refractivity contribution in [3.05, 3.63) is 83.7 Å². The Balaban J connectivity index is 1.52. The van der Waals surface area contributed by atoms with Gasteiger partial charge in [-0.3, -0.25) is 38.4 Å². The van der Waals surface area contributed by atoms with E-state index in [1.165, 1.54) is 27.7 Å². The highest BCUT2D eigenvalue weighted by molar-refractivity contribution is 6.03. The molecule has 1 aliphatic carbocycles. The number of nitrogens with zero attached hydrogens (tertiary/aromatic N) is 4. The average Bonchev–Trinajstić information content (AvgIpc) is 1.12. The SMILES string of the molecule is COCCN1CCOCCN(CCOC)c2ccc(-c3c4ccc(=[N+](CCC(=O)OCOC(C)=O)CCC(=O)OCOC(C)=O)cc-4oc4cc(N(CCC(=O)OCOC(C)=O)CCC(=O)OCOC(C)=O)ccc34)cc2OCCOc2cc(C)ccc21. The fourth-order valence-corrected chi connectivity index (χ4v) is 9.13. The first kappa shape index (κ1) is 68.1. The first-order valence-corrected chi connectivity index (χ1v) is 28.5. The zero-order valence-corrected chi connectivity index (χ0v) is 50.8. The molecule has 3 aromatic carbocycles. The van der Waals surface area contributed by atoms with Crippen molar-refractivity contribution in [2.45, 2.75) is 60.3 Å². The molecule has 88 heavy (non-hydrogen) atoms. The predicted octanol–water partition coefficient (Wildman–Crippen LogP) is 5.30. The van der Waals surface area contributed by atoms with Crippen molar-refractivity contribution in [3.8, 4) is 33.9 Å². The standard InChI is InChI=1S/C62H77N4O22/c1-42-8-14-52-56(34-42)78-32-33-79-57-35-47(9-15-53(57)66(25-29-76-7)27-31-77-30-26-65(52)24-28-75-6)62-50-12-10-48(63(20-16-58(71)84-38-80-43(2)67)21-17-59(72)85-39-81-44(3)68)36-54(50)88-55-37-49(11-13-51(55)62)64(22-18-60(73)86-40-82-45(4)69)23-19-61(74)87-41-83-46(5)70/h8-15,34-37H,16-33,38-41H2,1-7H3/q+1. The molecular formula is C62H77N4O22+. The van der Waals surface area contributed by atoms with Crippen LogP contribution in [-0.2, 0) is 90.5 Å². The molecule has 476 valence electrons. The second-order valence-corrected chi connectivity index (χ2v) is 19.8. The van der Waals surface area contributed by atoms with E-state index in [9.17, 15) is 38.4 Å². The lowest BCUT2D eigenvalue weighted by molar-refractivity contribution is -0.167.